The predicted octanol–water partition coefficient (Wildman–Crippen LogP) is 5.03. The van der Waals surface area contributed by atoms with Gasteiger partial charge in [-0.1, -0.05) is 72.4 Å². The standard InChI is InChI=1S/C20H17N3OS/c1-23-13-15(12-21-23)14-25-20-22-18(16-8-4-2-5-9-16)19(24-20)17-10-6-3-7-11-17/h2-13H,14H2,1H3. The van der Waals surface area contributed by atoms with E-state index in [1.165, 1.54) is 0 Å². The smallest absolute Gasteiger partial charge is 0.257 e. The summed E-state index contributed by atoms with van der Waals surface area (Å²) in [6.45, 7) is 0. The van der Waals surface area contributed by atoms with Gasteiger partial charge in [0.25, 0.3) is 5.22 Å². The number of aryl methyl sites for hydroxylation is 1. The van der Waals surface area contributed by atoms with Crippen molar-refractivity contribution in [3.63, 3.8) is 0 Å². The number of aromatic nitrogens is 3. The van der Waals surface area contributed by atoms with E-state index in [1.54, 1.807) is 16.4 Å². The summed E-state index contributed by atoms with van der Waals surface area (Å²) in [6.07, 6.45) is 3.87. The summed E-state index contributed by atoms with van der Waals surface area (Å²) in [5.74, 6) is 1.58. The maximum atomic E-state index is 6.11. The fraction of sp³-hybridized carbons (Fsp3) is 0.100. The zero-order valence-electron chi connectivity index (χ0n) is 13.8. The molecule has 0 saturated carbocycles. The van der Waals surface area contributed by atoms with E-state index in [0.29, 0.717) is 5.22 Å². The van der Waals surface area contributed by atoms with Crippen LogP contribution in [0.25, 0.3) is 22.6 Å². The van der Waals surface area contributed by atoms with Crippen LogP contribution in [0.5, 0.6) is 0 Å². The molecule has 0 aliphatic carbocycles. The van der Waals surface area contributed by atoms with Gasteiger partial charge in [-0.05, 0) is 0 Å². The van der Waals surface area contributed by atoms with Gasteiger partial charge in [-0.15, -0.1) is 0 Å². The van der Waals surface area contributed by atoms with Crippen molar-refractivity contribution in [2.45, 2.75) is 11.0 Å². The second kappa shape index (κ2) is 6.99. The Labute approximate surface area is 150 Å². The Hall–Kier alpha value is -2.79. The third-order valence-electron chi connectivity index (χ3n) is 3.81. The Kier molecular flexibility index (Phi) is 4.39. The molecule has 0 unspecified atom stereocenters. The third-order valence-corrected chi connectivity index (χ3v) is 4.71. The van der Waals surface area contributed by atoms with E-state index in [4.69, 9.17) is 9.40 Å². The molecule has 25 heavy (non-hydrogen) atoms. The van der Waals surface area contributed by atoms with Crippen molar-refractivity contribution in [2.24, 2.45) is 7.05 Å². The lowest BCUT2D eigenvalue weighted by Crippen LogP contribution is -1.84. The van der Waals surface area contributed by atoms with Crippen molar-refractivity contribution in [3.8, 4) is 22.6 Å². The van der Waals surface area contributed by atoms with Gasteiger partial charge in [0, 0.05) is 35.7 Å². The first-order valence-corrected chi connectivity index (χ1v) is 9.00. The lowest BCUT2D eigenvalue weighted by molar-refractivity contribution is 0.466. The molecule has 0 spiro atoms. The normalized spacial score (nSPS) is 10.9. The van der Waals surface area contributed by atoms with Gasteiger partial charge in [-0.3, -0.25) is 4.68 Å². The van der Waals surface area contributed by atoms with Crippen LogP contribution < -0.4 is 0 Å². The zero-order valence-corrected chi connectivity index (χ0v) is 14.6. The highest BCUT2D eigenvalue weighted by molar-refractivity contribution is 7.98. The van der Waals surface area contributed by atoms with Gasteiger partial charge < -0.3 is 4.42 Å². The van der Waals surface area contributed by atoms with Gasteiger partial charge in [0.15, 0.2) is 5.76 Å². The van der Waals surface area contributed by atoms with Crippen LogP contribution in [0, 0.1) is 0 Å². The van der Waals surface area contributed by atoms with Crippen molar-refractivity contribution in [3.05, 3.63) is 78.6 Å². The molecule has 124 valence electrons. The molecule has 0 aliphatic heterocycles. The minimum absolute atomic E-state index is 0.668. The Morgan fingerprint density at radius 1 is 0.960 bits per heavy atom. The summed E-state index contributed by atoms with van der Waals surface area (Å²) in [5.41, 5.74) is 4.11. The number of rotatable bonds is 5. The first kappa shape index (κ1) is 15.7. The van der Waals surface area contributed by atoms with Gasteiger partial charge >= 0.3 is 0 Å². The maximum Gasteiger partial charge on any atom is 0.257 e. The van der Waals surface area contributed by atoms with Crippen molar-refractivity contribution >= 4 is 11.8 Å². The molecule has 4 rings (SSSR count). The number of hydrogen-bond acceptors (Lipinski definition) is 4. The second-order valence-corrected chi connectivity index (χ2v) is 6.63. The quantitative estimate of drug-likeness (QED) is 0.475. The topological polar surface area (TPSA) is 43.9 Å². The van der Waals surface area contributed by atoms with Crippen molar-refractivity contribution in [2.75, 3.05) is 0 Å². The summed E-state index contributed by atoms with van der Waals surface area (Å²) in [5, 5.41) is 4.87. The molecule has 0 aliphatic rings. The van der Waals surface area contributed by atoms with Crippen molar-refractivity contribution in [1.29, 1.82) is 0 Å². The summed E-state index contributed by atoms with van der Waals surface area (Å²) in [7, 11) is 1.92. The van der Waals surface area contributed by atoms with Crippen molar-refractivity contribution < 1.29 is 4.42 Å². The predicted molar refractivity (Wildman–Crippen MR) is 100 cm³/mol. The summed E-state index contributed by atoms with van der Waals surface area (Å²) < 4.78 is 7.91. The highest BCUT2D eigenvalue weighted by Crippen LogP contribution is 2.36. The molecule has 4 nitrogen and oxygen atoms in total. The van der Waals surface area contributed by atoms with E-state index >= 15 is 0 Å². The maximum absolute atomic E-state index is 6.11. The van der Waals surface area contributed by atoms with E-state index in [0.717, 1.165) is 33.9 Å². The van der Waals surface area contributed by atoms with Crippen LogP contribution in [-0.2, 0) is 12.8 Å². The molecule has 4 aromatic rings. The lowest BCUT2D eigenvalue weighted by atomic mass is 10.1. The van der Waals surface area contributed by atoms with Crippen LogP contribution in [0.4, 0.5) is 0 Å². The second-order valence-electron chi connectivity index (χ2n) is 5.70. The van der Waals surface area contributed by atoms with Crippen LogP contribution in [0.3, 0.4) is 0 Å². The number of nitrogens with zero attached hydrogens (tertiary/aromatic N) is 3. The Bertz CT molecular complexity index is 904. The summed E-state index contributed by atoms with van der Waals surface area (Å²) in [4.78, 5) is 4.75. The molecule has 0 saturated heterocycles. The van der Waals surface area contributed by atoms with E-state index < -0.39 is 0 Å². The van der Waals surface area contributed by atoms with Crippen LogP contribution in [-0.4, -0.2) is 14.8 Å². The minimum Gasteiger partial charge on any atom is -0.431 e. The van der Waals surface area contributed by atoms with Crippen LogP contribution >= 0.6 is 11.8 Å². The Morgan fingerprint density at radius 3 is 2.28 bits per heavy atom. The average molecular weight is 347 g/mol. The first-order valence-electron chi connectivity index (χ1n) is 8.01. The number of oxazole rings is 1. The van der Waals surface area contributed by atoms with Crippen LogP contribution in [0.1, 0.15) is 5.56 Å². The molecule has 2 heterocycles. The number of hydrogen-bond donors (Lipinski definition) is 0. The number of benzene rings is 2. The van der Waals surface area contributed by atoms with Crippen LogP contribution in [0.15, 0.2) is 82.7 Å². The fourth-order valence-corrected chi connectivity index (χ4v) is 3.37. The van der Waals surface area contributed by atoms with Gasteiger partial charge in [0.2, 0.25) is 0 Å². The molecule has 2 aromatic carbocycles. The molecular weight excluding hydrogens is 330 g/mol. The van der Waals surface area contributed by atoms with E-state index in [-0.39, 0.29) is 0 Å². The fourth-order valence-electron chi connectivity index (χ4n) is 2.63. The summed E-state index contributed by atoms with van der Waals surface area (Å²) in [6, 6.07) is 20.3. The molecule has 0 N–H and O–H groups in total. The SMILES string of the molecule is Cn1cc(CSc2nc(-c3ccccc3)c(-c3ccccc3)o2)cn1. The van der Waals surface area contributed by atoms with Crippen LogP contribution in [0.2, 0.25) is 0 Å². The summed E-state index contributed by atoms with van der Waals surface area (Å²) >= 11 is 1.58. The highest BCUT2D eigenvalue weighted by atomic mass is 32.2. The zero-order chi connectivity index (χ0) is 17.1. The molecule has 2 aromatic heterocycles. The third kappa shape index (κ3) is 3.51. The Morgan fingerprint density at radius 2 is 1.64 bits per heavy atom. The van der Waals surface area contributed by atoms with Gasteiger partial charge in [-0.2, -0.15) is 5.10 Å². The number of thioether (sulfide) groups is 1. The molecule has 5 heteroatoms. The van der Waals surface area contributed by atoms with E-state index in [2.05, 4.69) is 17.2 Å². The lowest BCUT2D eigenvalue weighted by Gasteiger charge is -2.00. The van der Waals surface area contributed by atoms with E-state index in [1.807, 2.05) is 68.0 Å². The molecule has 0 bridgehead atoms. The molecule has 0 amide bonds. The van der Waals surface area contributed by atoms with Crippen molar-refractivity contribution in [1.82, 2.24) is 14.8 Å². The van der Waals surface area contributed by atoms with E-state index in [9.17, 15) is 0 Å². The monoisotopic (exact) mass is 347 g/mol. The van der Waals surface area contributed by atoms with Gasteiger partial charge in [-0.25, -0.2) is 4.98 Å². The Balaban J connectivity index is 1.68. The highest BCUT2D eigenvalue weighted by Gasteiger charge is 2.17. The average Bonchev–Trinajstić information content (AvgIpc) is 3.28. The minimum atomic E-state index is 0.668. The molecule has 0 fully saturated rings. The van der Waals surface area contributed by atoms with Gasteiger partial charge in [0.05, 0.1) is 6.20 Å². The van der Waals surface area contributed by atoms with Gasteiger partial charge in [0.1, 0.15) is 5.69 Å². The molecular formula is C20H17N3OS. The largest absolute Gasteiger partial charge is 0.431 e. The molecule has 0 atom stereocenters. The first-order chi connectivity index (χ1) is 12.3. The molecule has 0 radical (unpaired) electrons.